The number of H-pyrrole nitrogens is 1. The number of hydrogen-bond acceptors (Lipinski definition) is 4. The van der Waals surface area contributed by atoms with Crippen LogP contribution in [0.2, 0.25) is 5.02 Å². The van der Waals surface area contributed by atoms with Crippen LogP contribution in [-0.4, -0.2) is 39.8 Å². The Bertz CT molecular complexity index is 1270. The van der Waals surface area contributed by atoms with E-state index in [-0.39, 0.29) is 11.3 Å². The molecule has 0 aliphatic carbocycles. The number of ether oxygens (including phenoxy) is 1. The van der Waals surface area contributed by atoms with Gasteiger partial charge in [0.15, 0.2) is 0 Å². The minimum atomic E-state index is -0.704. The third kappa shape index (κ3) is 5.16. The minimum absolute atomic E-state index is 0.0619. The molecule has 1 aromatic heterocycles. The summed E-state index contributed by atoms with van der Waals surface area (Å²) >= 11 is 6.34. The number of amides is 1. The highest BCUT2D eigenvalue weighted by Crippen LogP contribution is 2.40. The van der Waals surface area contributed by atoms with Gasteiger partial charge in [-0.2, -0.15) is 0 Å². The predicted octanol–water partition coefficient (Wildman–Crippen LogP) is 4.99. The summed E-state index contributed by atoms with van der Waals surface area (Å²) in [7, 11) is 0. The number of aliphatic hydroxyl groups is 1. The Balaban J connectivity index is 1.74. The molecule has 2 heterocycles. The molecule has 1 fully saturated rings. The molecule has 3 aromatic rings. The molecule has 0 radical (unpaired) electrons. The lowest BCUT2D eigenvalue weighted by Gasteiger charge is -2.25. The number of ketones is 1. The monoisotopic (exact) mass is 508 g/mol. The van der Waals surface area contributed by atoms with E-state index in [1.54, 1.807) is 23.1 Å². The molecular weight excluding hydrogens is 478 g/mol. The van der Waals surface area contributed by atoms with E-state index in [4.69, 9.17) is 16.3 Å². The van der Waals surface area contributed by atoms with E-state index >= 15 is 0 Å². The fraction of sp³-hybridized carbons (Fsp3) is 0.321. The highest BCUT2D eigenvalue weighted by atomic mass is 35.5. The first kappa shape index (κ1) is 25.5. The number of carbonyl (C=O) groups excluding carboxylic acids is 2. The number of hydrogen-bond donors (Lipinski definition) is 2. The molecule has 0 spiro atoms. The lowest BCUT2D eigenvalue weighted by atomic mass is 9.93. The standard InChI is InChI=1S/C28H30ClN3O4/c1-4-36-23-11-10-21(16-22(23)29)26(33)24-25(20-8-6-19(7-9-20)18(2)3)32(28(35)27(24)34)14-5-13-31-15-12-30-17-31/h6-12,15-18,25H,4-5,13-14H2,1-3H3,(H,33,34)/p+1. The second-order valence-corrected chi connectivity index (χ2v) is 9.50. The Hall–Kier alpha value is -3.58. The highest BCUT2D eigenvalue weighted by Gasteiger charge is 2.45. The van der Waals surface area contributed by atoms with Gasteiger partial charge < -0.3 is 14.7 Å². The summed E-state index contributed by atoms with van der Waals surface area (Å²) in [4.78, 5) is 31.0. The Kier molecular flexibility index (Phi) is 7.79. The number of nitrogens with zero attached hydrogens (tertiary/aromatic N) is 2. The van der Waals surface area contributed by atoms with Crippen LogP contribution < -0.4 is 9.30 Å². The van der Waals surface area contributed by atoms with Crippen molar-refractivity contribution < 1.29 is 24.0 Å². The molecule has 1 atom stereocenters. The molecule has 188 valence electrons. The van der Waals surface area contributed by atoms with Crippen molar-refractivity contribution in [2.24, 2.45) is 0 Å². The lowest BCUT2D eigenvalue weighted by Crippen LogP contribution is -2.36. The topological polar surface area (TPSA) is 86.5 Å². The molecule has 1 aliphatic rings. The Morgan fingerprint density at radius 3 is 2.56 bits per heavy atom. The zero-order valence-electron chi connectivity index (χ0n) is 20.7. The van der Waals surface area contributed by atoms with Crippen LogP contribution >= 0.6 is 11.6 Å². The molecule has 1 aliphatic heterocycles. The number of aromatic nitrogens is 2. The van der Waals surface area contributed by atoms with Gasteiger partial charge in [0, 0.05) is 18.5 Å². The first-order valence-corrected chi connectivity index (χ1v) is 12.5. The van der Waals surface area contributed by atoms with Crippen molar-refractivity contribution in [2.75, 3.05) is 13.2 Å². The summed E-state index contributed by atoms with van der Waals surface area (Å²) in [6.07, 6.45) is 6.22. The predicted molar refractivity (Wildman–Crippen MR) is 138 cm³/mol. The molecule has 7 nitrogen and oxygen atoms in total. The van der Waals surface area contributed by atoms with Crippen molar-refractivity contribution in [1.82, 2.24) is 9.88 Å². The quantitative estimate of drug-likeness (QED) is 0.184. The smallest absolute Gasteiger partial charge is 0.295 e. The summed E-state index contributed by atoms with van der Waals surface area (Å²) in [5.41, 5.74) is 2.34. The van der Waals surface area contributed by atoms with Crippen LogP contribution in [-0.2, 0) is 16.1 Å². The summed E-state index contributed by atoms with van der Waals surface area (Å²) in [6, 6.07) is 12.0. The van der Waals surface area contributed by atoms with Gasteiger partial charge in [0.1, 0.15) is 23.9 Å². The van der Waals surface area contributed by atoms with Gasteiger partial charge in [-0.25, -0.2) is 4.57 Å². The van der Waals surface area contributed by atoms with E-state index in [1.807, 2.05) is 54.5 Å². The van der Waals surface area contributed by atoms with Gasteiger partial charge in [0.25, 0.3) is 11.7 Å². The number of carbonyl (C=O) groups is 2. The van der Waals surface area contributed by atoms with Gasteiger partial charge in [0.2, 0.25) is 6.33 Å². The summed E-state index contributed by atoms with van der Waals surface area (Å²) < 4.78 is 7.46. The second-order valence-electron chi connectivity index (χ2n) is 9.09. The third-order valence-corrected chi connectivity index (χ3v) is 6.68. The normalized spacial score (nSPS) is 17.2. The number of Topliss-reactive ketones (excluding diaryl/α,β-unsaturated/α-hetero) is 1. The van der Waals surface area contributed by atoms with Crippen LogP contribution in [0.1, 0.15) is 55.8 Å². The van der Waals surface area contributed by atoms with Crippen molar-refractivity contribution in [2.45, 2.75) is 45.7 Å². The highest BCUT2D eigenvalue weighted by molar-refractivity contribution is 6.46. The van der Waals surface area contributed by atoms with E-state index in [9.17, 15) is 14.7 Å². The SMILES string of the molecule is CCOc1ccc(C(O)=C2C(=O)C(=O)N(CCC[n+]3cc[nH]c3)C2c2ccc(C(C)C)cc2)cc1Cl. The number of aromatic amines is 1. The van der Waals surface area contributed by atoms with Crippen LogP contribution in [0.4, 0.5) is 0 Å². The van der Waals surface area contributed by atoms with E-state index < -0.39 is 17.7 Å². The number of halogens is 1. The molecule has 1 amide bonds. The molecule has 8 heteroatoms. The maximum atomic E-state index is 13.3. The van der Waals surface area contributed by atoms with Gasteiger partial charge in [0.05, 0.1) is 29.8 Å². The lowest BCUT2D eigenvalue weighted by molar-refractivity contribution is -0.695. The average Bonchev–Trinajstić information content (AvgIpc) is 3.47. The number of rotatable bonds is 9. The van der Waals surface area contributed by atoms with Crippen molar-refractivity contribution in [3.05, 3.63) is 88.5 Å². The molecule has 1 saturated heterocycles. The molecular formula is C28H31ClN3O4+. The van der Waals surface area contributed by atoms with Crippen molar-refractivity contribution >= 4 is 29.1 Å². The largest absolute Gasteiger partial charge is 0.507 e. The zero-order chi connectivity index (χ0) is 25.8. The van der Waals surface area contributed by atoms with Crippen LogP contribution in [0.25, 0.3) is 5.76 Å². The fourth-order valence-corrected chi connectivity index (χ4v) is 4.71. The van der Waals surface area contributed by atoms with Crippen LogP contribution in [0.15, 0.2) is 66.8 Å². The van der Waals surface area contributed by atoms with Crippen molar-refractivity contribution in [1.29, 1.82) is 0 Å². The number of likely N-dealkylation sites (tertiary alicyclic amines) is 1. The molecule has 4 rings (SSSR count). The van der Waals surface area contributed by atoms with Gasteiger partial charge in [-0.1, -0.05) is 49.7 Å². The van der Waals surface area contributed by atoms with Crippen LogP contribution in [0.5, 0.6) is 5.75 Å². The first-order valence-electron chi connectivity index (χ1n) is 12.1. The maximum Gasteiger partial charge on any atom is 0.295 e. The third-order valence-electron chi connectivity index (χ3n) is 6.38. The van der Waals surface area contributed by atoms with Gasteiger partial charge in [-0.3, -0.25) is 14.6 Å². The van der Waals surface area contributed by atoms with E-state index in [2.05, 4.69) is 18.8 Å². The first-order chi connectivity index (χ1) is 17.3. The second kappa shape index (κ2) is 11.0. The summed E-state index contributed by atoms with van der Waals surface area (Å²) in [5, 5.41) is 11.6. The van der Waals surface area contributed by atoms with Crippen molar-refractivity contribution in [3.8, 4) is 5.75 Å². The average molecular weight is 509 g/mol. The molecule has 0 saturated carbocycles. The van der Waals surface area contributed by atoms with E-state index in [0.29, 0.717) is 48.4 Å². The molecule has 2 N–H and O–H groups in total. The number of nitrogens with one attached hydrogen (secondary N) is 1. The summed E-state index contributed by atoms with van der Waals surface area (Å²) in [6.45, 7) is 7.55. The van der Waals surface area contributed by atoms with E-state index in [0.717, 1.165) is 11.1 Å². The van der Waals surface area contributed by atoms with Gasteiger partial charge in [-0.15, -0.1) is 0 Å². The van der Waals surface area contributed by atoms with Gasteiger partial charge >= 0.3 is 0 Å². The Labute approximate surface area is 216 Å². The molecule has 1 unspecified atom stereocenters. The summed E-state index contributed by atoms with van der Waals surface area (Å²) in [5.74, 6) is -0.747. The Morgan fingerprint density at radius 1 is 1.19 bits per heavy atom. The fourth-order valence-electron chi connectivity index (χ4n) is 4.48. The van der Waals surface area contributed by atoms with Gasteiger partial charge in [-0.05, 0) is 42.2 Å². The molecule has 0 bridgehead atoms. The Morgan fingerprint density at radius 2 is 1.94 bits per heavy atom. The van der Waals surface area contributed by atoms with Crippen LogP contribution in [0.3, 0.4) is 0 Å². The van der Waals surface area contributed by atoms with Crippen LogP contribution in [0, 0.1) is 0 Å². The molecule has 2 aromatic carbocycles. The number of benzene rings is 2. The molecule has 36 heavy (non-hydrogen) atoms. The number of aliphatic hydroxyl groups excluding tert-OH is 1. The number of aryl methyl sites for hydroxylation is 1. The maximum absolute atomic E-state index is 13.3. The minimum Gasteiger partial charge on any atom is -0.507 e. The zero-order valence-corrected chi connectivity index (χ0v) is 21.5. The van der Waals surface area contributed by atoms with E-state index in [1.165, 1.54) is 0 Å². The number of imidazole rings is 1. The van der Waals surface area contributed by atoms with Crippen molar-refractivity contribution in [3.63, 3.8) is 0 Å².